The van der Waals surface area contributed by atoms with E-state index in [1.807, 2.05) is 0 Å². The smallest absolute Gasteiger partial charge is 0.223 e. The first-order valence-electron chi connectivity index (χ1n) is 5.09. The lowest BCUT2D eigenvalue weighted by molar-refractivity contribution is -0.122. The highest BCUT2D eigenvalue weighted by molar-refractivity contribution is 7.92. The molecule has 4 nitrogen and oxygen atoms in total. The Hall–Kier alpha value is -0.580. The van der Waals surface area contributed by atoms with E-state index in [-0.39, 0.29) is 22.8 Å². The predicted octanol–water partition coefficient (Wildman–Crippen LogP) is 0.0898. The molecule has 1 saturated heterocycles. The molecule has 1 heterocycles. The van der Waals surface area contributed by atoms with E-state index in [9.17, 15) is 13.2 Å². The van der Waals surface area contributed by atoms with E-state index in [1.165, 1.54) is 0 Å². The summed E-state index contributed by atoms with van der Waals surface area (Å²) in [6.45, 7) is 0.317. The number of rotatable bonds is 3. The van der Waals surface area contributed by atoms with Crippen LogP contribution < -0.4 is 5.32 Å². The van der Waals surface area contributed by atoms with Crippen molar-refractivity contribution in [3.63, 3.8) is 0 Å². The van der Waals surface area contributed by atoms with E-state index in [1.54, 1.807) is 0 Å². The second-order valence-electron chi connectivity index (χ2n) is 4.15. The minimum atomic E-state index is -2.90. The molecular weight excluding hydrogens is 202 g/mol. The minimum absolute atomic E-state index is 0.0344. The highest BCUT2D eigenvalue weighted by Crippen LogP contribution is 2.29. The molecule has 80 valence electrons. The van der Waals surface area contributed by atoms with E-state index in [0.717, 1.165) is 19.3 Å². The first-order valence-corrected chi connectivity index (χ1v) is 6.80. The SMILES string of the molecule is O=C(NCC1CCCS1(=O)=O)C1CC1. The van der Waals surface area contributed by atoms with E-state index < -0.39 is 9.84 Å². The lowest BCUT2D eigenvalue weighted by Gasteiger charge is -2.10. The summed E-state index contributed by atoms with van der Waals surface area (Å²) in [5.74, 6) is 0.489. The number of amides is 1. The molecule has 2 aliphatic rings. The maximum absolute atomic E-state index is 11.4. The second kappa shape index (κ2) is 3.53. The Labute approximate surface area is 84.0 Å². The summed E-state index contributed by atoms with van der Waals surface area (Å²) in [5, 5.41) is 2.40. The van der Waals surface area contributed by atoms with Crippen molar-refractivity contribution >= 4 is 15.7 Å². The van der Waals surface area contributed by atoms with Gasteiger partial charge in [-0.1, -0.05) is 0 Å². The lowest BCUT2D eigenvalue weighted by Crippen LogP contribution is -2.35. The third-order valence-corrected chi connectivity index (χ3v) is 5.19. The maximum atomic E-state index is 11.4. The van der Waals surface area contributed by atoms with Gasteiger partial charge < -0.3 is 5.32 Å². The monoisotopic (exact) mass is 217 g/mol. The predicted molar refractivity (Wildman–Crippen MR) is 52.5 cm³/mol. The minimum Gasteiger partial charge on any atom is -0.355 e. The summed E-state index contributed by atoms with van der Waals surface area (Å²) in [7, 11) is -2.90. The Bertz CT molecular complexity index is 332. The molecule has 1 atom stereocenters. The van der Waals surface area contributed by atoms with Gasteiger partial charge >= 0.3 is 0 Å². The van der Waals surface area contributed by atoms with Crippen LogP contribution in [0.4, 0.5) is 0 Å². The molecule has 5 heteroatoms. The van der Waals surface area contributed by atoms with Crippen LogP contribution in [-0.2, 0) is 14.6 Å². The zero-order valence-corrected chi connectivity index (χ0v) is 8.85. The summed E-state index contributed by atoms with van der Waals surface area (Å²) in [4.78, 5) is 11.3. The van der Waals surface area contributed by atoms with Crippen molar-refractivity contribution in [2.75, 3.05) is 12.3 Å². The zero-order chi connectivity index (χ0) is 10.2. The Morgan fingerprint density at radius 2 is 2.00 bits per heavy atom. The molecule has 1 unspecified atom stereocenters. The average molecular weight is 217 g/mol. The van der Waals surface area contributed by atoms with E-state index >= 15 is 0 Å². The van der Waals surface area contributed by atoms with Gasteiger partial charge in [0.25, 0.3) is 0 Å². The molecule has 1 amide bonds. The third kappa shape index (κ3) is 2.08. The molecule has 0 aromatic carbocycles. The van der Waals surface area contributed by atoms with Crippen LogP contribution >= 0.6 is 0 Å². The molecular formula is C9H15NO3S. The van der Waals surface area contributed by atoms with Crippen molar-refractivity contribution < 1.29 is 13.2 Å². The quantitative estimate of drug-likeness (QED) is 0.728. The van der Waals surface area contributed by atoms with Crippen LogP contribution in [0.1, 0.15) is 25.7 Å². The molecule has 1 aliphatic carbocycles. The second-order valence-corrected chi connectivity index (χ2v) is 6.55. The van der Waals surface area contributed by atoms with Gasteiger partial charge in [0.1, 0.15) is 0 Å². The first-order chi connectivity index (χ1) is 6.59. The molecule has 0 aromatic heterocycles. The molecule has 2 fully saturated rings. The Balaban J connectivity index is 1.82. The van der Waals surface area contributed by atoms with E-state index in [0.29, 0.717) is 13.0 Å². The fraction of sp³-hybridized carbons (Fsp3) is 0.889. The summed E-state index contributed by atoms with van der Waals surface area (Å²) in [5.41, 5.74) is 0. The number of carbonyl (C=O) groups excluding carboxylic acids is 1. The molecule has 14 heavy (non-hydrogen) atoms. The molecule has 0 aromatic rings. The van der Waals surface area contributed by atoms with E-state index in [4.69, 9.17) is 0 Å². The Morgan fingerprint density at radius 3 is 2.50 bits per heavy atom. The molecule has 1 aliphatic heterocycles. The van der Waals surface area contributed by atoms with Crippen LogP contribution in [0, 0.1) is 5.92 Å². The van der Waals surface area contributed by atoms with E-state index in [2.05, 4.69) is 5.32 Å². The normalized spacial score (nSPS) is 30.1. The van der Waals surface area contributed by atoms with Crippen molar-refractivity contribution in [3.8, 4) is 0 Å². The molecule has 0 bridgehead atoms. The van der Waals surface area contributed by atoms with Gasteiger partial charge in [-0.25, -0.2) is 8.42 Å². The Kier molecular flexibility index (Phi) is 2.51. The first kappa shape index (κ1) is 9.96. The third-order valence-electron chi connectivity index (χ3n) is 2.91. The molecule has 1 N–H and O–H groups in total. The van der Waals surface area contributed by atoms with Crippen LogP contribution in [0.5, 0.6) is 0 Å². The number of carbonyl (C=O) groups is 1. The average Bonchev–Trinajstić information content (AvgIpc) is 2.88. The van der Waals surface area contributed by atoms with Crippen molar-refractivity contribution in [1.82, 2.24) is 5.32 Å². The highest BCUT2D eigenvalue weighted by Gasteiger charge is 2.34. The molecule has 0 spiro atoms. The van der Waals surface area contributed by atoms with Gasteiger partial charge in [0.15, 0.2) is 9.84 Å². The fourth-order valence-electron chi connectivity index (χ4n) is 1.79. The summed E-state index contributed by atoms with van der Waals surface area (Å²) >= 11 is 0. The topological polar surface area (TPSA) is 63.2 Å². The standard InChI is InChI=1S/C9H15NO3S/c11-9(7-3-4-7)10-6-8-2-1-5-14(8,12)13/h7-8H,1-6H2,(H,10,11). The van der Waals surface area contributed by atoms with Crippen LogP contribution in [0.2, 0.25) is 0 Å². The highest BCUT2D eigenvalue weighted by atomic mass is 32.2. The molecule has 0 radical (unpaired) electrons. The summed E-state index contributed by atoms with van der Waals surface area (Å²) in [6.07, 6.45) is 3.37. The van der Waals surface area contributed by atoms with Gasteiger partial charge in [0.05, 0.1) is 11.0 Å². The summed E-state index contributed by atoms with van der Waals surface area (Å²) in [6, 6.07) is 0. The fourth-order valence-corrected chi connectivity index (χ4v) is 3.56. The van der Waals surface area contributed by atoms with Gasteiger partial charge in [0.2, 0.25) is 5.91 Å². The maximum Gasteiger partial charge on any atom is 0.223 e. The number of hydrogen-bond acceptors (Lipinski definition) is 3. The van der Waals surface area contributed by atoms with Gasteiger partial charge in [-0.2, -0.15) is 0 Å². The molecule has 1 saturated carbocycles. The number of sulfone groups is 1. The Morgan fingerprint density at radius 1 is 1.29 bits per heavy atom. The number of hydrogen-bond donors (Lipinski definition) is 1. The van der Waals surface area contributed by atoms with Crippen molar-refractivity contribution in [2.45, 2.75) is 30.9 Å². The van der Waals surface area contributed by atoms with Crippen molar-refractivity contribution in [1.29, 1.82) is 0 Å². The van der Waals surface area contributed by atoms with Gasteiger partial charge in [0, 0.05) is 12.5 Å². The van der Waals surface area contributed by atoms with Gasteiger partial charge in [-0.3, -0.25) is 4.79 Å². The van der Waals surface area contributed by atoms with Gasteiger partial charge in [-0.05, 0) is 25.7 Å². The largest absolute Gasteiger partial charge is 0.355 e. The lowest BCUT2D eigenvalue weighted by atomic mass is 10.2. The van der Waals surface area contributed by atoms with Crippen LogP contribution in [0.25, 0.3) is 0 Å². The van der Waals surface area contributed by atoms with Gasteiger partial charge in [-0.15, -0.1) is 0 Å². The van der Waals surface area contributed by atoms with Crippen LogP contribution in [-0.4, -0.2) is 31.9 Å². The van der Waals surface area contributed by atoms with Crippen LogP contribution in [0.3, 0.4) is 0 Å². The van der Waals surface area contributed by atoms with Crippen molar-refractivity contribution in [2.24, 2.45) is 5.92 Å². The summed E-state index contributed by atoms with van der Waals surface area (Å²) < 4.78 is 22.8. The molecule has 2 rings (SSSR count). The number of nitrogens with one attached hydrogen (secondary N) is 1. The van der Waals surface area contributed by atoms with Crippen LogP contribution in [0.15, 0.2) is 0 Å². The zero-order valence-electron chi connectivity index (χ0n) is 8.03. The van der Waals surface area contributed by atoms with Crippen molar-refractivity contribution in [3.05, 3.63) is 0 Å².